The highest BCUT2D eigenvalue weighted by Crippen LogP contribution is 2.39. The van der Waals surface area contributed by atoms with Crippen molar-refractivity contribution in [1.82, 2.24) is 5.43 Å². The van der Waals surface area contributed by atoms with E-state index >= 15 is 0 Å². The molecule has 0 fully saturated rings. The number of anilines is 1. The minimum Gasteiger partial charge on any atom is -0.490 e. The van der Waals surface area contributed by atoms with Gasteiger partial charge in [0.25, 0.3) is 0 Å². The van der Waals surface area contributed by atoms with Gasteiger partial charge in [-0.3, -0.25) is 9.59 Å². The van der Waals surface area contributed by atoms with Gasteiger partial charge in [-0.25, -0.2) is 10.2 Å². The van der Waals surface area contributed by atoms with Gasteiger partial charge in [0, 0.05) is 15.5 Å². The maximum Gasteiger partial charge on any atom is 0.341 e. The molecule has 4 rings (SSSR count). The van der Waals surface area contributed by atoms with Crippen LogP contribution in [0.2, 0.25) is 5.02 Å². The lowest BCUT2D eigenvalue weighted by Gasteiger charge is -2.13. The lowest BCUT2D eigenvalue weighted by molar-refractivity contribution is -0.136. The number of esters is 1. The number of carbonyl (C=O) groups excluding carboxylic acids is 3. The molecule has 2 amide bonds. The van der Waals surface area contributed by atoms with Crippen LogP contribution < -0.4 is 20.2 Å². The minimum absolute atomic E-state index is 0.214. The summed E-state index contributed by atoms with van der Waals surface area (Å²) in [6.45, 7) is 4.47. The van der Waals surface area contributed by atoms with Crippen LogP contribution in [0.1, 0.15) is 52.2 Å². The number of nitrogens with one attached hydrogen (secondary N) is 2. The summed E-state index contributed by atoms with van der Waals surface area (Å²) in [5, 5.41) is 7.36. The van der Waals surface area contributed by atoms with Crippen LogP contribution in [0.5, 0.6) is 11.5 Å². The maximum atomic E-state index is 12.5. The Hall–Kier alpha value is -3.89. The molecule has 0 atom stereocenters. The zero-order chi connectivity index (χ0) is 27.8. The molecule has 1 aliphatic carbocycles. The first-order chi connectivity index (χ1) is 18.9. The maximum absolute atomic E-state index is 12.5. The van der Waals surface area contributed by atoms with Gasteiger partial charge >= 0.3 is 17.8 Å². The van der Waals surface area contributed by atoms with Crippen LogP contribution in [0.3, 0.4) is 0 Å². The van der Waals surface area contributed by atoms with E-state index < -0.39 is 17.8 Å². The Morgan fingerprint density at radius 3 is 2.62 bits per heavy atom. The minimum atomic E-state index is -0.973. The summed E-state index contributed by atoms with van der Waals surface area (Å²) in [6.07, 6.45) is 3.89. The molecule has 0 bridgehead atoms. The number of fused-ring (bicyclic) bond motifs is 1. The predicted molar refractivity (Wildman–Crippen MR) is 150 cm³/mol. The van der Waals surface area contributed by atoms with Crippen molar-refractivity contribution in [2.75, 3.05) is 18.5 Å². The molecule has 0 aliphatic heterocycles. The van der Waals surface area contributed by atoms with Crippen molar-refractivity contribution in [3.63, 3.8) is 0 Å². The fraction of sp³-hybridized carbons (Fsp3) is 0.286. The molecule has 11 heteroatoms. The normalized spacial score (nSPS) is 12.2. The topological polar surface area (TPSA) is 115 Å². The smallest absolute Gasteiger partial charge is 0.341 e. The number of ether oxygens (including phenoxy) is 3. The van der Waals surface area contributed by atoms with Crippen LogP contribution in [0.15, 0.2) is 47.6 Å². The second kappa shape index (κ2) is 13.3. The van der Waals surface area contributed by atoms with Gasteiger partial charge in [-0.05, 0) is 68.5 Å². The van der Waals surface area contributed by atoms with E-state index in [9.17, 15) is 14.4 Å². The number of carbonyl (C=O) groups is 3. The standard InChI is InChI=1S/C28H28ClN3O6S/c1-3-36-22-14-17(12-13-21(22)38-16-18-8-5-6-10-20(18)29)15-30-32-26(34)25(33)31-27-24(28(35)37-4-2)19-9-7-11-23(19)39-27/h5-6,8,10,12-15H,3-4,7,9,11,16H2,1-2H3,(H,31,33)(H,32,34)/b30-15+. The van der Waals surface area contributed by atoms with E-state index in [1.54, 1.807) is 31.2 Å². The van der Waals surface area contributed by atoms with E-state index in [0.717, 1.165) is 35.3 Å². The number of halogens is 1. The molecule has 0 unspecified atom stereocenters. The van der Waals surface area contributed by atoms with Crippen molar-refractivity contribution in [3.8, 4) is 11.5 Å². The molecule has 1 aromatic heterocycles. The monoisotopic (exact) mass is 569 g/mol. The molecule has 0 radical (unpaired) electrons. The third-order valence-electron chi connectivity index (χ3n) is 5.82. The number of rotatable bonds is 10. The first-order valence-corrected chi connectivity index (χ1v) is 13.7. The predicted octanol–water partition coefficient (Wildman–Crippen LogP) is 5.13. The van der Waals surface area contributed by atoms with Crippen LogP contribution in [0, 0.1) is 0 Å². The Labute approximate surface area is 235 Å². The number of hydrogen-bond donors (Lipinski definition) is 2. The zero-order valence-electron chi connectivity index (χ0n) is 21.5. The molecule has 0 saturated carbocycles. The number of thiophene rings is 1. The van der Waals surface area contributed by atoms with E-state index in [2.05, 4.69) is 15.8 Å². The average Bonchev–Trinajstić information content (AvgIpc) is 3.50. The average molecular weight is 570 g/mol. The van der Waals surface area contributed by atoms with Gasteiger partial charge in [-0.2, -0.15) is 5.10 Å². The lowest BCUT2D eigenvalue weighted by atomic mass is 10.1. The fourth-order valence-electron chi connectivity index (χ4n) is 4.05. The van der Waals surface area contributed by atoms with Crippen molar-refractivity contribution in [3.05, 3.63) is 74.6 Å². The zero-order valence-corrected chi connectivity index (χ0v) is 23.1. The molecule has 39 heavy (non-hydrogen) atoms. The van der Waals surface area contributed by atoms with Gasteiger partial charge in [0.1, 0.15) is 11.6 Å². The number of nitrogens with zero attached hydrogens (tertiary/aromatic N) is 1. The Balaban J connectivity index is 1.38. The molecule has 0 spiro atoms. The van der Waals surface area contributed by atoms with E-state index in [4.69, 9.17) is 25.8 Å². The van der Waals surface area contributed by atoms with Crippen LogP contribution in [-0.2, 0) is 33.8 Å². The highest BCUT2D eigenvalue weighted by atomic mass is 35.5. The first-order valence-electron chi connectivity index (χ1n) is 12.5. The molecular formula is C28H28ClN3O6S. The summed E-state index contributed by atoms with van der Waals surface area (Å²) >= 11 is 7.50. The molecule has 204 valence electrons. The van der Waals surface area contributed by atoms with E-state index in [1.165, 1.54) is 17.6 Å². The molecule has 1 heterocycles. The van der Waals surface area contributed by atoms with Crippen LogP contribution in [0.4, 0.5) is 5.00 Å². The second-order valence-electron chi connectivity index (χ2n) is 8.45. The van der Waals surface area contributed by atoms with Crippen molar-refractivity contribution >= 4 is 51.9 Å². The van der Waals surface area contributed by atoms with E-state index in [0.29, 0.717) is 39.3 Å². The molecule has 2 N–H and O–H groups in total. The Bertz CT molecular complexity index is 1400. The van der Waals surface area contributed by atoms with E-state index in [-0.39, 0.29) is 13.2 Å². The number of aryl methyl sites for hydroxylation is 1. The van der Waals surface area contributed by atoms with Crippen LogP contribution in [-0.4, -0.2) is 37.2 Å². The summed E-state index contributed by atoms with van der Waals surface area (Å²) in [5.74, 6) is -1.39. The van der Waals surface area contributed by atoms with E-state index in [1.807, 2.05) is 25.1 Å². The lowest BCUT2D eigenvalue weighted by Crippen LogP contribution is -2.32. The van der Waals surface area contributed by atoms with Crippen LogP contribution >= 0.6 is 22.9 Å². The molecule has 9 nitrogen and oxygen atoms in total. The molecule has 2 aromatic carbocycles. The number of benzene rings is 2. The van der Waals surface area contributed by atoms with Gasteiger partial charge in [0.2, 0.25) is 0 Å². The quantitative estimate of drug-likeness (QED) is 0.151. The number of hydrazone groups is 1. The molecular weight excluding hydrogens is 542 g/mol. The van der Waals surface area contributed by atoms with Gasteiger partial charge in [-0.15, -0.1) is 11.3 Å². The largest absolute Gasteiger partial charge is 0.490 e. The Morgan fingerprint density at radius 2 is 1.85 bits per heavy atom. The highest BCUT2D eigenvalue weighted by molar-refractivity contribution is 7.17. The molecule has 1 aliphatic rings. The van der Waals surface area contributed by atoms with Gasteiger partial charge in [0.15, 0.2) is 11.5 Å². The van der Waals surface area contributed by atoms with Crippen molar-refractivity contribution < 1.29 is 28.6 Å². The Kier molecular flexibility index (Phi) is 9.56. The van der Waals surface area contributed by atoms with Gasteiger partial charge < -0.3 is 19.5 Å². The SMILES string of the molecule is CCOC(=O)c1c(NC(=O)C(=O)N/N=C/c2ccc(OCc3ccccc3Cl)c(OCC)c2)sc2c1CCC2. The fourth-order valence-corrected chi connectivity index (χ4v) is 5.51. The van der Waals surface area contributed by atoms with Gasteiger partial charge in [0.05, 0.1) is 25.0 Å². The number of amides is 2. The summed E-state index contributed by atoms with van der Waals surface area (Å²) in [4.78, 5) is 38.4. The third-order valence-corrected chi connectivity index (χ3v) is 7.40. The molecule has 0 saturated heterocycles. The van der Waals surface area contributed by atoms with Gasteiger partial charge in [-0.1, -0.05) is 29.8 Å². The first kappa shape index (κ1) is 28.1. The highest BCUT2D eigenvalue weighted by Gasteiger charge is 2.29. The number of hydrogen-bond acceptors (Lipinski definition) is 8. The second-order valence-corrected chi connectivity index (χ2v) is 9.97. The van der Waals surface area contributed by atoms with Crippen molar-refractivity contribution in [1.29, 1.82) is 0 Å². The van der Waals surface area contributed by atoms with Crippen molar-refractivity contribution in [2.24, 2.45) is 5.10 Å². The molecule has 3 aromatic rings. The summed E-state index contributed by atoms with van der Waals surface area (Å²) < 4.78 is 16.7. The van der Waals surface area contributed by atoms with Crippen LogP contribution in [0.25, 0.3) is 0 Å². The summed E-state index contributed by atoms with van der Waals surface area (Å²) in [6, 6.07) is 12.6. The van der Waals surface area contributed by atoms with Crippen molar-refractivity contribution in [2.45, 2.75) is 39.7 Å². The summed E-state index contributed by atoms with van der Waals surface area (Å²) in [7, 11) is 0. The summed E-state index contributed by atoms with van der Waals surface area (Å²) in [5.41, 5.74) is 4.89. The Morgan fingerprint density at radius 1 is 1.03 bits per heavy atom. The third kappa shape index (κ3) is 6.96.